The molecule has 8 heteroatoms. The first kappa shape index (κ1) is 23.9. The summed E-state index contributed by atoms with van der Waals surface area (Å²) < 4.78 is 10.7. The highest BCUT2D eigenvalue weighted by atomic mass is 127. The number of aliphatic imine (C=N–C) groups is 1. The molecule has 0 saturated carbocycles. The molecule has 1 aromatic heterocycles. The highest BCUT2D eigenvalue weighted by Gasteiger charge is 2.19. The lowest BCUT2D eigenvalue weighted by molar-refractivity contribution is 0.143. The Morgan fingerprint density at radius 3 is 2.78 bits per heavy atom. The number of likely N-dealkylation sites (tertiary alicyclic amines) is 1. The molecule has 0 spiro atoms. The van der Waals surface area contributed by atoms with Gasteiger partial charge in [-0.3, -0.25) is 4.99 Å². The minimum Gasteiger partial charge on any atom is -0.475 e. The third-order valence-electron chi connectivity index (χ3n) is 4.51. The van der Waals surface area contributed by atoms with E-state index in [2.05, 4.69) is 32.4 Å². The number of guanidine groups is 1. The van der Waals surface area contributed by atoms with Crippen LogP contribution in [-0.2, 0) is 11.3 Å². The van der Waals surface area contributed by atoms with E-state index in [0.717, 1.165) is 37.5 Å². The number of piperidine rings is 1. The van der Waals surface area contributed by atoms with Crippen molar-refractivity contribution in [1.29, 1.82) is 0 Å². The lowest BCUT2D eigenvalue weighted by Crippen LogP contribution is -2.48. The summed E-state index contributed by atoms with van der Waals surface area (Å²) in [5, 5.41) is 6.92. The summed E-state index contributed by atoms with van der Waals surface area (Å²) in [4.78, 5) is 11.2. The van der Waals surface area contributed by atoms with Crippen molar-refractivity contribution >= 4 is 29.9 Å². The maximum absolute atomic E-state index is 5.69. The fourth-order valence-electron chi connectivity index (χ4n) is 3.09. The van der Waals surface area contributed by atoms with Crippen molar-refractivity contribution in [3.05, 3.63) is 23.9 Å². The molecule has 2 N–H and O–H groups in total. The molecule has 0 bridgehead atoms. The molecule has 1 fully saturated rings. The molecule has 2 rings (SSSR count). The highest BCUT2D eigenvalue weighted by Crippen LogP contribution is 2.14. The third kappa shape index (κ3) is 8.61. The summed E-state index contributed by atoms with van der Waals surface area (Å²) >= 11 is 0. The predicted octanol–water partition coefficient (Wildman–Crippen LogP) is 2.26. The number of pyridine rings is 1. The lowest BCUT2D eigenvalue weighted by atomic mass is 10.1. The Kier molecular flexibility index (Phi) is 12.4. The second-order valence-electron chi connectivity index (χ2n) is 6.49. The fourth-order valence-corrected chi connectivity index (χ4v) is 3.09. The molecule has 1 aromatic rings. The van der Waals surface area contributed by atoms with Crippen LogP contribution in [0.4, 0.5) is 0 Å². The van der Waals surface area contributed by atoms with Crippen molar-refractivity contribution < 1.29 is 9.47 Å². The van der Waals surface area contributed by atoms with E-state index in [1.807, 2.05) is 12.1 Å². The van der Waals surface area contributed by atoms with Gasteiger partial charge < -0.3 is 25.0 Å². The zero-order chi connectivity index (χ0) is 18.6. The van der Waals surface area contributed by atoms with Gasteiger partial charge in [0.2, 0.25) is 5.88 Å². The minimum atomic E-state index is 0. The first-order valence-electron chi connectivity index (χ1n) is 9.52. The average Bonchev–Trinajstić information content (AvgIpc) is 2.68. The molecule has 0 radical (unpaired) electrons. The molecule has 27 heavy (non-hydrogen) atoms. The summed E-state index contributed by atoms with van der Waals surface area (Å²) in [7, 11) is 3.47. The number of nitrogens with zero attached hydrogens (tertiary/aromatic N) is 3. The Hall–Kier alpha value is -1.13. The number of halogens is 1. The molecule has 0 unspecified atom stereocenters. The van der Waals surface area contributed by atoms with Gasteiger partial charge in [-0.1, -0.05) is 13.0 Å². The average molecular weight is 491 g/mol. The Labute approximate surface area is 180 Å². The maximum Gasteiger partial charge on any atom is 0.218 e. The van der Waals surface area contributed by atoms with E-state index in [1.54, 1.807) is 20.4 Å². The van der Waals surface area contributed by atoms with Crippen LogP contribution in [0.25, 0.3) is 0 Å². The molecule has 0 amide bonds. The Bertz CT molecular complexity index is 551. The van der Waals surface area contributed by atoms with Crippen molar-refractivity contribution in [2.24, 2.45) is 4.99 Å². The van der Waals surface area contributed by atoms with Crippen molar-refractivity contribution in [1.82, 2.24) is 20.5 Å². The summed E-state index contributed by atoms with van der Waals surface area (Å²) in [6.07, 6.45) is 5.27. The SMILES string of the molecule is CCCN1CCC(NC(=NC)NCc2cccnc2OCCOC)CC1.I. The summed E-state index contributed by atoms with van der Waals surface area (Å²) in [6.45, 7) is 7.40. The van der Waals surface area contributed by atoms with E-state index in [4.69, 9.17) is 9.47 Å². The number of methoxy groups -OCH3 is 1. The molecule has 1 aliphatic rings. The van der Waals surface area contributed by atoms with Crippen LogP contribution in [0.2, 0.25) is 0 Å². The van der Waals surface area contributed by atoms with Gasteiger partial charge in [0.25, 0.3) is 0 Å². The number of hydrogen-bond acceptors (Lipinski definition) is 5. The van der Waals surface area contributed by atoms with Crippen molar-refractivity contribution in [2.45, 2.75) is 38.8 Å². The second kappa shape index (κ2) is 14.0. The van der Waals surface area contributed by atoms with Crippen LogP contribution in [0.1, 0.15) is 31.7 Å². The van der Waals surface area contributed by atoms with Crippen LogP contribution >= 0.6 is 24.0 Å². The second-order valence-corrected chi connectivity index (χ2v) is 6.49. The number of rotatable bonds is 9. The molecule has 2 heterocycles. The zero-order valence-electron chi connectivity index (χ0n) is 16.7. The first-order chi connectivity index (χ1) is 12.8. The largest absolute Gasteiger partial charge is 0.475 e. The Morgan fingerprint density at radius 2 is 2.11 bits per heavy atom. The van der Waals surface area contributed by atoms with Gasteiger partial charge in [0.15, 0.2) is 5.96 Å². The van der Waals surface area contributed by atoms with Crippen LogP contribution in [0.5, 0.6) is 5.88 Å². The molecule has 0 aromatic carbocycles. The normalized spacial score (nSPS) is 15.9. The molecule has 154 valence electrons. The smallest absolute Gasteiger partial charge is 0.218 e. The van der Waals surface area contributed by atoms with Gasteiger partial charge in [-0.15, -0.1) is 24.0 Å². The number of nitrogens with one attached hydrogen (secondary N) is 2. The number of aromatic nitrogens is 1. The molecular weight excluding hydrogens is 457 g/mol. The van der Waals surface area contributed by atoms with Crippen LogP contribution in [0.15, 0.2) is 23.3 Å². The molecule has 1 saturated heterocycles. The van der Waals surface area contributed by atoms with Crippen molar-refractivity contribution in [3.8, 4) is 5.88 Å². The van der Waals surface area contributed by atoms with Crippen LogP contribution in [0.3, 0.4) is 0 Å². The van der Waals surface area contributed by atoms with Gasteiger partial charge in [0.05, 0.1) is 6.61 Å². The predicted molar refractivity (Wildman–Crippen MR) is 120 cm³/mol. The number of ether oxygens (including phenoxy) is 2. The standard InChI is InChI=1S/C19H33N5O2.HI/c1-4-10-24-11-7-17(8-12-24)23-19(20-2)22-15-16-6-5-9-21-18(16)26-14-13-25-3;/h5-6,9,17H,4,7-8,10-15H2,1-3H3,(H2,20,22,23);1H. The van der Waals surface area contributed by atoms with E-state index in [9.17, 15) is 0 Å². The van der Waals surface area contributed by atoms with Crippen molar-refractivity contribution in [2.75, 3.05) is 47.0 Å². The van der Waals surface area contributed by atoms with Gasteiger partial charge >= 0.3 is 0 Å². The number of hydrogen-bond donors (Lipinski definition) is 2. The first-order valence-corrected chi connectivity index (χ1v) is 9.52. The monoisotopic (exact) mass is 491 g/mol. The molecule has 0 aliphatic carbocycles. The lowest BCUT2D eigenvalue weighted by Gasteiger charge is -2.32. The van der Waals surface area contributed by atoms with Gasteiger partial charge in [0, 0.05) is 51.6 Å². The van der Waals surface area contributed by atoms with Gasteiger partial charge in [-0.25, -0.2) is 4.98 Å². The van der Waals surface area contributed by atoms with Gasteiger partial charge in [0.1, 0.15) is 6.61 Å². The fraction of sp³-hybridized carbons (Fsp3) is 0.684. The van der Waals surface area contributed by atoms with Gasteiger partial charge in [-0.2, -0.15) is 0 Å². The zero-order valence-corrected chi connectivity index (χ0v) is 19.1. The van der Waals surface area contributed by atoms with E-state index in [1.165, 1.54) is 13.0 Å². The highest BCUT2D eigenvalue weighted by molar-refractivity contribution is 14.0. The molecule has 1 aliphatic heterocycles. The minimum absolute atomic E-state index is 0. The van der Waals surface area contributed by atoms with Crippen molar-refractivity contribution in [3.63, 3.8) is 0 Å². The summed E-state index contributed by atoms with van der Waals surface area (Å²) in [6, 6.07) is 4.40. The molecule has 0 atom stereocenters. The third-order valence-corrected chi connectivity index (χ3v) is 4.51. The van der Waals surface area contributed by atoms with E-state index >= 15 is 0 Å². The summed E-state index contributed by atoms with van der Waals surface area (Å²) in [5.41, 5.74) is 1.00. The van der Waals surface area contributed by atoms with E-state index in [-0.39, 0.29) is 24.0 Å². The van der Waals surface area contributed by atoms with E-state index < -0.39 is 0 Å². The maximum atomic E-state index is 5.69. The molecular formula is C19H34IN5O2. The quantitative estimate of drug-likeness (QED) is 0.239. The van der Waals surface area contributed by atoms with E-state index in [0.29, 0.717) is 31.7 Å². The van der Waals surface area contributed by atoms with Crippen LogP contribution in [0, 0.1) is 0 Å². The molecule has 7 nitrogen and oxygen atoms in total. The Morgan fingerprint density at radius 1 is 1.33 bits per heavy atom. The Balaban J connectivity index is 0.00000364. The topological polar surface area (TPSA) is 71.0 Å². The van der Waals surface area contributed by atoms with Crippen LogP contribution in [-0.4, -0.2) is 68.9 Å². The summed E-state index contributed by atoms with van der Waals surface area (Å²) in [5.74, 6) is 1.46. The van der Waals surface area contributed by atoms with Gasteiger partial charge in [-0.05, 0) is 31.9 Å². The van der Waals surface area contributed by atoms with Crippen LogP contribution < -0.4 is 15.4 Å².